The second kappa shape index (κ2) is 7.04. The second-order valence-corrected chi connectivity index (χ2v) is 6.04. The first-order valence-corrected chi connectivity index (χ1v) is 7.58. The van der Waals surface area contributed by atoms with Gasteiger partial charge >= 0.3 is 5.97 Å². The lowest BCUT2D eigenvalue weighted by Crippen LogP contribution is -2.39. The molecule has 1 heterocycles. The van der Waals surface area contributed by atoms with Gasteiger partial charge in [-0.2, -0.15) is 0 Å². The zero-order valence-corrected chi connectivity index (χ0v) is 11.8. The molecule has 1 aliphatic rings. The van der Waals surface area contributed by atoms with Crippen molar-refractivity contribution < 1.29 is 18.7 Å². The van der Waals surface area contributed by atoms with Gasteiger partial charge < -0.3 is 10.0 Å². The van der Waals surface area contributed by atoms with Gasteiger partial charge in [0.1, 0.15) is 11.6 Å². The van der Waals surface area contributed by atoms with Crippen molar-refractivity contribution >= 4 is 17.7 Å². The molecule has 6 heteroatoms. The summed E-state index contributed by atoms with van der Waals surface area (Å²) in [6.45, 7) is 2.10. The summed E-state index contributed by atoms with van der Waals surface area (Å²) in [5, 5.41) is 9.00. The summed E-state index contributed by atoms with van der Waals surface area (Å²) in [5.41, 5.74) is 0. The number of hydrogen-bond donors (Lipinski definition) is 1. The minimum Gasteiger partial charge on any atom is -0.481 e. The molecular weight excluding hydrogens is 284 g/mol. The van der Waals surface area contributed by atoms with E-state index >= 15 is 0 Å². The molecule has 1 saturated heterocycles. The molecule has 1 unspecified atom stereocenters. The van der Waals surface area contributed by atoms with Gasteiger partial charge in [-0.25, -0.2) is 8.78 Å². The van der Waals surface area contributed by atoms with E-state index in [-0.39, 0.29) is 5.92 Å². The Morgan fingerprint density at radius 3 is 3.00 bits per heavy atom. The normalized spacial score (nSPS) is 20.0. The predicted octanol–water partition coefficient (Wildman–Crippen LogP) is 2.85. The number of benzene rings is 1. The van der Waals surface area contributed by atoms with Crippen LogP contribution in [0.15, 0.2) is 23.1 Å². The van der Waals surface area contributed by atoms with Gasteiger partial charge in [0.15, 0.2) is 0 Å². The first-order chi connectivity index (χ1) is 9.56. The van der Waals surface area contributed by atoms with Gasteiger partial charge in [0.05, 0.1) is 5.92 Å². The zero-order valence-electron chi connectivity index (χ0n) is 11.0. The summed E-state index contributed by atoms with van der Waals surface area (Å²) in [7, 11) is 0. The fourth-order valence-corrected chi connectivity index (χ4v) is 3.30. The van der Waals surface area contributed by atoms with E-state index in [0.29, 0.717) is 23.7 Å². The molecule has 1 aromatic carbocycles. The highest BCUT2D eigenvalue weighted by atomic mass is 32.2. The molecule has 1 aliphatic heterocycles. The number of likely N-dealkylation sites (tertiary alicyclic amines) is 1. The molecule has 20 heavy (non-hydrogen) atoms. The van der Waals surface area contributed by atoms with Gasteiger partial charge in [-0.3, -0.25) is 4.79 Å². The van der Waals surface area contributed by atoms with Crippen LogP contribution in [-0.2, 0) is 4.79 Å². The van der Waals surface area contributed by atoms with Crippen molar-refractivity contribution in [3.05, 3.63) is 29.8 Å². The zero-order chi connectivity index (χ0) is 14.5. The number of carboxylic acid groups (broad SMARTS) is 1. The Morgan fingerprint density at radius 2 is 2.25 bits per heavy atom. The van der Waals surface area contributed by atoms with Crippen molar-refractivity contribution in [2.45, 2.75) is 17.7 Å². The van der Waals surface area contributed by atoms with Crippen LogP contribution in [-0.4, -0.2) is 41.4 Å². The largest absolute Gasteiger partial charge is 0.481 e. The monoisotopic (exact) mass is 301 g/mol. The Balaban J connectivity index is 1.80. The summed E-state index contributed by atoms with van der Waals surface area (Å²) >= 11 is 1.26. The van der Waals surface area contributed by atoms with E-state index in [2.05, 4.69) is 4.90 Å². The number of thioether (sulfide) groups is 1. The molecule has 1 N–H and O–H groups in total. The Bertz CT molecular complexity index is 484. The topological polar surface area (TPSA) is 40.5 Å². The summed E-state index contributed by atoms with van der Waals surface area (Å²) in [5.74, 6) is -1.30. The Morgan fingerprint density at radius 1 is 1.45 bits per heavy atom. The quantitative estimate of drug-likeness (QED) is 0.849. The number of rotatable bonds is 5. The summed E-state index contributed by atoms with van der Waals surface area (Å²) in [6, 6.07) is 3.41. The van der Waals surface area contributed by atoms with Gasteiger partial charge in [-0.15, -0.1) is 11.8 Å². The molecule has 110 valence electrons. The van der Waals surface area contributed by atoms with Crippen molar-refractivity contribution in [2.24, 2.45) is 5.92 Å². The minimum atomic E-state index is -0.751. The molecule has 2 rings (SSSR count). The number of carboxylic acids is 1. The molecule has 1 atom stereocenters. The van der Waals surface area contributed by atoms with Gasteiger partial charge in [0.25, 0.3) is 0 Å². The van der Waals surface area contributed by atoms with Crippen LogP contribution in [0.1, 0.15) is 12.8 Å². The van der Waals surface area contributed by atoms with Crippen molar-refractivity contribution in [3.8, 4) is 0 Å². The lowest BCUT2D eigenvalue weighted by molar-refractivity contribution is -0.143. The molecule has 0 spiro atoms. The predicted molar refractivity (Wildman–Crippen MR) is 73.9 cm³/mol. The van der Waals surface area contributed by atoms with E-state index in [1.54, 1.807) is 0 Å². The maximum atomic E-state index is 13.4. The van der Waals surface area contributed by atoms with E-state index in [0.717, 1.165) is 31.5 Å². The third-order valence-electron chi connectivity index (χ3n) is 3.41. The van der Waals surface area contributed by atoms with Crippen LogP contribution in [0.3, 0.4) is 0 Å². The Kier molecular flexibility index (Phi) is 5.37. The number of carbonyl (C=O) groups is 1. The van der Waals surface area contributed by atoms with Crippen molar-refractivity contribution in [3.63, 3.8) is 0 Å². The van der Waals surface area contributed by atoms with Crippen molar-refractivity contribution in [1.82, 2.24) is 4.90 Å². The highest BCUT2D eigenvalue weighted by Gasteiger charge is 2.24. The van der Waals surface area contributed by atoms with Crippen LogP contribution < -0.4 is 0 Å². The number of hydrogen-bond acceptors (Lipinski definition) is 3. The fraction of sp³-hybridized carbons (Fsp3) is 0.500. The first-order valence-electron chi connectivity index (χ1n) is 6.59. The second-order valence-electron chi connectivity index (χ2n) is 4.90. The number of halogens is 2. The van der Waals surface area contributed by atoms with E-state index in [1.165, 1.54) is 17.8 Å². The molecule has 1 fully saturated rings. The van der Waals surface area contributed by atoms with Crippen molar-refractivity contribution in [2.75, 3.05) is 25.4 Å². The molecule has 0 amide bonds. The molecule has 3 nitrogen and oxygen atoms in total. The number of piperidine rings is 1. The van der Waals surface area contributed by atoms with Gasteiger partial charge in [0, 0.05) is 23.7 Å². The lowest BCUT2D eigenvalue weighted by atomic mass is 9.98. The highest BCUT2D eigenvalue weighted by molar-refractivity contribution is 7.99. The van der Waals surface area contributed by atoms with E-state index in [1.807, 2.05) is 0 Å². The van der Waals surface area contributed by atoms with E-state index < -0.39 is 17.6 Å². The lowest BCUT2D eigenvalue weighted by Gasteiger charge is -2.30. The third-order valence-corrected chi connectivity index (χ3v) is 4.42. The molecule has 0 aromatic heterocycles. The molecule has 0 aliphatic carbocycles. The maximum absolute atomic E-state index is 13.4. The average Bonchev–Trinajstić information content (AvgIpc) is 2.43. The average molecular weight is 301 g/mol. The Labute approximate surface area is 121 Å². The number of nitrogens with zero attached hydrogens (tertiary/aromatic N) is 1. The van der Waals surface area contributed by atoms with E-state index in [4.69, 9.17) is 5.11 Å². The standard InChI is InChI=1S/C14H17F2NO2S/c15-11-3-4-12(16)13(8-11)20-7-6-17-5-1-2-10(9-17)14(18)19/h3-4,8,10H,1-2,5-7,9H2,(H,18,19). The van der Waals surface area contributed by atoms with Crippen LogP contribution in [0.5, 0.6) is 0 Å². The minimum absolute atomic E-state index is 0.303. The van der Waals surface area contributed by atoms with Gasteiger partial charge in [-0.05, 0) is 37.6 Å². The summed E-state index contributed by atoms with van der Waals surface area (Å²) in [6.07, 6.45) is 1.59. The molecule has 1 aromatic rings. The third kappa shape index (κ3) is 4.18. The molecule has 0 saturated carbocycles. The van der Waals surface area contributed by atoms with Crippen molar-refractivity contribution in [1.29, 1.82) is 0 Å². The molecule has 0 radical (unpaired) electrons. The maximum Gasteiger partial charge on any atom is 0.307 e. The van der Waals surface area contributed by atoms with Crippen LogP contribution in [0, 0.1) is 17.6 Å². The fourth-order valence-electron chi connectivity index (χ4n) is 2.33. The molecule has 0 bridgehead atoms. The summed E-state index contributed by atoms with van der Waals surface area (Å²) in [4.78, 5) is 13.3. The Hall–Kier alpha value is -1.14. The van der Waals surface area contributed by atoms with Crippen LogP contribution in [0.2, 0.25) is 0 Å². The van der Waals surface area contributed by atoms with Crippen LogP contribution in [0.25, 0.3) is 0 Å². The van der Waals surface area contributed by atoms with Gasteiger partial charge in [-0.1, -0.05) is 0 Å². The van der Waals surface area contributed by atoms with Crippen LogP contribution in [0.4, 0.5) is 8.78 Å². The SMILES string of the molecule is O=C(O)C1CCCN(CCSc2cc(F)ccc2F)C1. The smallest absolute Gasteiger partial charge is 0.307 e. The first kappa shape index (κ1) is 15.3. The van der Waals surface area contributed by atoms with Gasteiger partial charge in [0.2, 0.25) is 0 Å². The highest BCUT2D eigenvalue weighted by Crippen LogP contribution is 2.23. The summed E-state index contributed by atoms with van der Waals surface area (Å²) < 4.78 is 26.4. The molecular formula is C14H17F2NO2S. The van der Waals surface area contributed by atoms with E-state index in [9.17, 15) is 13.6 Å². The number of aliphatic carboxylic acids is 1. The van der Waals surface area contributed by atoms with Crippen LogP contribution >= 0.6 is 11.8 Å².